The predicted molar refractivity (Wildman–Crippen MR) is 94.6 cm³/mol. The van der Waals surface area contributed by atoms with Gasteiger partial charge in [-0.05, 0) is 38.6 Å². The Bertz CT molecular complexity index is 782. The summed E-state index contributed by atoms with van der Waals surface area (Å²) in [6, 6.07) is 0.198. The number of carbonyl (C=O) groups excluding carboxylic acids is 1. The Kier molecular flexibility index (Phi) is 4.76. The van der Waals surface area contributed by atoms with Gasteiger partial charge in [0.2, 0.25) is 5.89 Å². The van der Waals surface area contributed by atoms with Crippen molar-refractivity contribution in [2.45, 2.75) is 58.2 Å². The first-order chi connectivity index (χ1) is 12.6. The Morgan fingerprint density at radius 3 is 3.04 bits per heavy atom. The summed E-state index contributed by atoms with van der Waals surface area (Å²) in [5, 5.41) is 8.39. The number of hydrogen-bond acceptors (Lipinski definition) is 6. The van der Waals surface area contributed by atoms with Crippen molar-refractivity contribution in [3.8, 4) is 0 Å². The molecule has 1 amide bonds. The quantitative estimate of drug-likeness (QED) is 0.827. The van der Waals surface area contributed by atoms with E-state index < -0.39 is 0 Å². The van der Waals surface area contributed by atoms with Crippen LogP contribution in [0.1, 0.15) is 53.5 Å². The minimum Gasteiger partial charge on any atom is -0.340 e. The predicted octanol–water partition coefficient (Wildman–Crippen LogP) is 1.65. The van der Waals surface area contributed by atoms with E-state index in [1.54, 1.807) is 13.1 Å². The third-order valence-corrected chi connectivity index (χ3v) is 5.50. The lowest BCUT2D eigenvalue weighted by molar-refractivity contribution is 0.0603. The van der Waals surface area contributed by atoms with Gasteiger partial charge in [0, 0.05) is 33.1 Å². The maximum absolute atomic E-state index is 13.1. The van der Waals surface area contributed by atoms with Crippen molar-refractivity contribution in [1.82, 2.24) is 29.7 Å². The minimum atomic E-state index is 0.0930. The number of nitrogens with zero attached hydrogens (tertiary/aromatic N) is 6. The molecule has 26 heavy (non-hydrogen) atoms. The number of likely N-dealkylation sites (N-methyl/N-ethyl adjacent to an activating group) is 1. The van der Waals surface area contributed by atoms with Gasteiger partial charge in [-0.15, -0.1) is 0 Å². The van der Waals surface area contributed by atoms with Crippen LogP contribution in [0.4, 0.5) is 0 Å². The topological polar surface area (TPSA) is 80.3 Å². The molecule has 0 saturated carbocycles. The molecule has 1 atom stereocenters. The average Bonchev–Trinajstić information content (AvgIpc) is 3.27. The van der Waals surface area contributed by atoms with Crippen molar-refractivity contribution < 1.29 is 9.32 Å². The van der Waals surface area contributed by atoms with Gasteiger partial charge in [-0.25, -0.2) is 0 Å². The smallest absolute Gasteiger partial charge is 0.257 e. The van der Waals surface area contributed by atoms with Crippen molar-refractivity contribution in [3.63, 3.8) is 0 Å². The number of carbonyl (C=O) groups is 1. The summed E-state index contributed by atoms with van der Waals surface area (Å²) >= 11 is 0. The number of amides is 1. The number of aromatic nitrogens is 4. The van der Waals surface area contributed by atoms with Gasteiger partial charge < -0.3 is 9.42 Å². The van der Waals surface area contributed by atoms with E-state index in [9.17, 15) is 4.79 Å². The van der Waals surface area contributed by atoms with E-state index >= 15 is 0 Å². The summed E-state index contributed by atoms with van der Waals surface area (Å²) in [4.78, 5) is 21.6. The molecule has 2 aliphatic rings. The fourth-order valence-electron chi connectivity index (χ4n) is 4.05. The van der Waals surface area contributed by atoms with Gasteiger partial charge in [-0.3, -0.25) is 14.4 Å². The van der Waals surface area contributed by atoms with E-state index in [1.165, 1.54) is 0 Å². The normalized spacial score (nSPS) is 20.8. The minimum absolute atomic E-state index is 0.0930. The van der Waals surface area contributed by atoms with Crippen LogP contribution in [0.5, 0.6) is 0 Å². The second-order valence-electron chi connectivity index (χ2n) is 7.36. The standard InChI is InChI=1S/C18H26N6O2/c1-13-20-17(21-26-13)12-23-8-5-6-14(11-23)22(2)18(25)15-10-19-24-9-4-3-7-16(15)24/h10,14H,3-9,11-12H2,1-2H3. The molecule has 0 aromatic carbocycles. The van der Waals surface area contributed by atoms with E-state index in [-0.39, 0.29) is 11.9 Å². The fourth-order valence-corrected chi connectivity index (χ4v) is 4.05. The molecule has 0 spiro atoms. The zero-order valence-electron chi connectivity index (χ0n) is 15.5. The highest BCUT2D eigenvalue weighted by Crippen LogP contribution is 2.22. The molecule has 8 heteroatoms. The van der Waals surface area contributed by atoms with Crippen molar-refractivity contribution >= 4 is 5.91 Å². The third-order valence-electron chi connectivity index (χ3n) is 5.50. The Morgan fingerprint density at radius 2 is 2.23 bits per heavy atom. The number of hydrogen-bond donors (Lipinski definition) is 0. The van der Waals surface area contributed by atoms with Gasteiger partial charge in [-0.2, -0.15) is 10.1 Å². The first-order valence-corrected chi connectivity index (χ1v) is 9.45. The zero-order chi connectivity index (χ0) is 18.1. The summed E-state index contributed by atoms with van der Waals surface area (Å²) in [6.07, 6.45) is 7.06. The van der Waals surface area contributed by atoms with E-state index in [1.807, 2.05) is 16.6 Å². The molecule has 4 rings (SSSR count). The Balaban J connectivity index is 1.43. The summed E-state index contributed by atoms with van der Waals surface area (Å²) < 4.78 is 7.06. The van der Waals surface area contributed by atoms with Gasteiger partial charge in [0.05, 0.1) is 24.0 Å². The average molecular weight is 358 g/mol. The number of aryl methyl sites for hydroxylation is 2. The fraction of sp³-hybridized carbons (Fsp3) is 0.667. The number of likely N-dealkylation sites (tertiary alicyclic amines) is 1. The van der Waals surface area contributed by atoms with Crippen molar-refractivity contribution in [1.29, 1.82) is 0 Å². The van der Waals surface area contributed by atoms with E-state index in [4.69, 9.17) is 4.52 Å². The molecule has 1 unspecified atom stereocenters. The highest BCUT2D eigenvalue weighted by atomic mass is 16.5. The molecule has 0 radical (unpaired) electrons. The van der Waals surface area contributed by atoms with Crippen molar-refractivity contribution in [3.05, 3.63) is 29.2 Å². The molecule has 0 N–H and O–H groups in total. The van der Waals surface area contributed by atoms with Crippen LogP contribution in [0.3, 0.4) is 0 Å². The van der Waals surface area contributed by atoms with Gasteiger partial charge in [0.1, 0.15) is 0 Å². The first-order valence-electron chi connectivity index (χ1n) is 9.45. The number of fused-ring (bicyclic) bond motifs is 1. The molecule has 4 heterocycles. The van der Waals surface area contributed by atoms with Gasteiger partial charge in [0.25, 0.3) is 5.91 Å². The number of piperidine rings is 1. The highest BCUT2D eigenvalue weighted by molar-refractivity contribution is 5.95. The van der Waals surface area contributed by atoms with Crippen molar-refractivity contribution in [2.75, 3.05) is 20.1 Å². The summed E-state index contributed by atoms with van der Waals surface area (Å²) in [5.41, 5.74) is 1.88. The largest absolute Gasteiger partial charge is 0.340 e. The Morgan fingerprint density at radius 1 is 1.35 bits per heavy atom. The Labute approximate surface area is 153 Å². The van der Waals surface area contributed by atoms with E-state index in [0.717, 1.165) is 63.0 Å². The van der Waals surface area contributed by atoms with Crippen LogP contribution in [-0.4, -0.2) is 61.8 Å². The molecule has 1 saturated heterocycles. The molecule has 0 aliphatic carbocycles. The molecule has 1 fully saturated rings. The molecular weight excluding hydrogens is 332 g/mol. The van der Waals surface area contributed by atoms with Crippen LogP contribution >= 0.6 is 0 Å². The maximum Gasteiger partial charge on any atom is 0.257 e. The lowest BCUT2D eigenvalue weighted by Gasteiger charge is -2.37. The lowest BCUT2D eigenvalue weighted by atomic mass is 10.0. The van der Waals surface area contributed by atoms with Crippen LogP contribution in [0.25, 0.3) is 0 Å². The molecule has 0 bridgehead atoms. The van der Waals surface area contributed by atoms with Crippen LogP contribution in [0, 0.1) is 6.92 Å². The summed E-state index contributed by atoms with van der Waals surface area (Å²) in [6.45, 7) is 5.22. The second kappa shape index (κ2) is 7.19. The van der Waals surface area contributed by atoms with E-state index in [0.29, 0.717) is 18.3 Å². The lowest BCUT2D eigenvalue weighted by Crippen LogP contribution is -2.48. The first kappa shape index (κ1) is 17.2. The molecule has 2 aliphatic heterocycles. The monoisotopic (exact) mass is 358 g/mol. The summed E-state index contributed by atoms with van der Waals surface area (Å²) in [7, 11) is 1.92. The van der Waals surface area contributed by atoms with Crippen LogP contribution in [0.15, 0.2) is 10.7 Å². The number of rotatable bonds is 4. The summed E-state index contributed by atoms with van der Waals surface area (Å²) in [5.74, 6) is 1.39. The van der Waals surface area contributed by atoms with Gasteiger partial charge >= 0.3 is 0 Å². The van der Waals surface area contributed by atoms with Gasteiger partial charge in [-0.1, -0.05) is 5.16 Å². The second-order valence-corrected chi connectivity index (χ2v) is 7.36. The van der Waals surface area contributed by atoms with E-state index in [2.05, 4.69) is 20.1 Å². The molecule has 140 valence electrons. The zero-order valence-corrected chi connectivity index (χ0v) is 15.5. The molecule has 2 aromatic heterocycles. The third kappa shape index (κ3) is 3.38. The van der Waals surface area contributed by atoms with Crippen molar-refractivity contribution in [2.24, 2.45) is 0 Å². The highest BCUT2D eigenvalue weighted by Gasteiger charge is 2.30. The van der Waals surface area contributed by atoms with Gasteiger partial charge in [0.15, 0.2) is 5.82 Å². The van der Waals surface area contributed by atoms with Crippen LogP contribution in [-0.2, 0) is 19.5 Å². The van der Waals surface area contributed by atoms with Crippen LogP contribution in [0.2, 0.25) is 0 Å². The molecular formula is C18H26N6O2. The SMILES string of the molecule is Cc1nc(CN2CCCC(N(C)C(=O)c3cnn4c3CCCC4)C2)no1. The molecule has 2 aromatic rings. The maximum atomic E-state index is 13.1. The molecule has 8 nitrogen and oxygen atoms in total. The Hall–Kier alpha value is -2.22. The van der Waals surface area contributed by atoms with Crippen LogP contribution < -0.4 is 0 Å².